The van der Waals surface area contributed by atoms with Crippen LogP contribution in [0.3, 0.4) is 0 Å². The first-order valence-corrected chi connectivity index (χ1v) is 3.54. The van der Waals surface area contributed by atoms with E-state index in [0.717, 1.165) is 0 Å². The van der Waals surface area contributed by atoms with Gasteiger partial charge in [0.25, 0.3) is 11.6 Å². The molecule has 0 bridgehead atoms. The smallest absolute Gasteiger partial charge is 0.370 e. The first-order valence-electron chi connectivity index (χ1n) is 3.54. The Balaban J connectivity index is 3.64. The van der Waals surface area contributed by atoms with Crippen LogP contribution in [0.1, 0.15) is 0 Å². The summed E-state index contributed by atoms with van der Waals surface area (Å²) in [5.41, 5.74) is 13.5. The van der Waals surface area contributed by atoms with Gasteiger partial charge in [0.15, 0.2) is 0 Å². The number of hydrogen-bond donors (Lipinski definition) is 3. The highest BCUT2D eigenvalue weighted by Crippen LogP contribution is 2.35. The number of aromatic amines is 1. The van der Waals surface area contributed by atoms with Crippen molar-refractivity contribution in [3.8, 4) is 0 Å². The molecular weight excluding hydrogens is 208 g/mol. The van der Waals surface area contributed by atoms with Gasteiger partial charge in [-0.2, -0.15) is 0 Å². The summed E-state index contributed by atoms with van der Waals surface area (Å²) in [5.74, 6) is -0.860. The third kappa shape index (κ3) is 1.54. The average molecular weight is 215 g/mol. The molecule has 0 aromatic carbocycles. The van der Waals surface area contributed by atoms with Crippen LogP contribution in [0.15, 0.2) is 0 Å². The molecular formula is C5H7N6O4+. The van der Waals surface area contributed by atoms with E-state index < -0.39 is 38.5 Å². The molecule has 10 heteroatoms. The second-order valence-corrected chi connectivity index (χ2v) is 2.58. The molecule has 0 aliphatic carbocycles. The van der Waals surface area contributed by atoms with Gasteiger partial charge in [0, 0.05) is 0 Å². The highest BCUT2D eigenvalue weighted by atomic mass is 16.6. The maximum Gasteiger partial charge on any atom is 0.370 e. The molecule has 0 amide bonds. The fraction of sp³-hybridized carbons (Fsp3) is 0. The SMILES string of the molecule is Nc1[nH+]c(N)c([N+](=O)[O-])c(N)c1[N+](=O)[O-]. The molecule has 1 aromatic rings. The Morgan fingerprint density at radius 1 is 0.933 bits per heavy atom. The average Bonchev–Trinajstić information content (AvgIpc) is 1.99. The molecule has 1 heterocycles. The number of pyridine rings is 1. The van der Waals surface area contributed by atoms with Crippen molar-refractivity contribution in [3.05, 3.63) is 20.2 Å². The Labute approximate surface area is 82.0 Å². The van der Waals surface area contributed by atoms with Crippen molar-refractivity contribution >= 4 is 28.7 Å². The number of nitrogens with one attached hydrogen (secondary N) is 1. The Kier molecular flexibility index (Phi) is 2.26. The molecule has 80 valence electrons. The summed E-state index contributed by atoms with van der Waals surface area (Å²) in [6.45, 7) is 0. The largest absolute Gasteiger partial charge is 0.387 e. The second-order valence-electron chi connectivity index (χ2n) is 2.58. The molecule has 7 N–H and O–H groups in total. The van der Waals surface area contributed by atoms with Crippen LogP contribution < -0.4 is 22.2 Å². The lowest BCUT2D eigenvalue weighted by Crippen LogP contribution is -2.21. The van der Waals surface area contributed by atoms with Crippen molar-refractivity contribution in [1.82, 2.24) is 0 Å². The summed E-state index contributed by atoms with van der Waals surface area (Å²) in [4.78, 5) is 21.2. The maximum atomic E-state index is 10.5. The minimum Gasteiger partial charge on any atom is -0.387 e. The standard InChI is InChI=1S/C5H6N6O4/c6-1-2(10(12)13)4(7)9-5(8)3(1)11(14)15/h(H6,6,7,8,9)/p+1. The van der Waals surface area contributed by atoms with Crippen LogP contribution >= 0.6 is 0 Å². The van der Waals surface area contributed by atoms with E-state index >= 15 is 0 Å². The zero-order chi connectivity index (χ0) is 11.7. The fourth-order valence-electron chi connectivity index (χ4n) is 1.06. The van der Waals surface area contributed by atoms with Crippen LogP contribution in [0, 0.1) is 20.2 Å². The van der Waals surface area contributed by atoms with E-state index in [1.807, 2.05) is 0 Å². The van der Waals surface area contributed by atoms with Crippen molar-refractivity contribution in [3.63, 3.8) is 0 Å². The Morgan fingerprint density at radius 3 is 1.53 bits per heavy atom. The number of rotatable bonds is 2. The zero-order valence-corrected chi connectivity index (χ0v) is 7.26. The Hall–Kier alpha value is -2.65. The topological polar surface area (TPSA) is 178 Å². The molecule has 0 radical (unpaired) electrons. The number of nitrogen functional groups attached to an aromatic ring is 3. The van der Waals surface area contributed by atoms with Crippen molar-refractivity contribution in [2.75, 3.05) is 17.2 Å². The van der Waals surface area contributed by atoms with Crippen LogP contribution in [-0.4, -0.2) is 9.85 Å². The monoisotopic (exact) mass is 215 g/mol. The predicted molar refractivity (Wildman–Crippen MR) is 49.5 cm³/mol. The summed E-state index contributed by atoms with van der Waals surface area (Å²) >= 11 is 0. The highest BCUT2D eigenvalue weighted by molar-refractivity contribution is 5.80. The predicted octanol–water partition coefficient (Wildman–Crippen LogP) is -0.936. The Morgan fingerprint density at radius 2 is 1.27 bits per heavy atom. The van der Waals surface area contributed by atoms with E-state index in [2.05, 4.69) is 4.98 Å². The number of nitrogens with two attached hydrogens (primary N) is 3. The molecule has 1 rings (SSSR count). The first-order chi connectivity index (χ1) is 6.86. The Bertz CT molecular complexity index is 419. The van der Waals surface area contributed by atoms with Gasteiger partial charge < -0.3 is 17.2 Å². The lowest BCUT2D eigenvalue weighted by molar-refractivity contribution is -0.420. The fourth-order valence-corrected chi connectivity index (χ4v) is 1.06. The summed E-state index contributed by atoms with van der Waals surface area (Å²) in [5, 5.41) is 21.0. The molecule has 0 saturated carbocycles. The normalized spacial score (nSPS) is 9.87. The molecule has 0 aliphatic rings. The van der Waals surface area contributed by atoms with Gasteiger partial charge in [-0.05, 0) is 0 Å². The van der Waals surface area contributed by atoms with Gasteiger partial charge in [-0.15, -0.1) is 0 Å². The van der Waals surface area contributed by atoms with Gasteiger partial charge in [0.2, 0.25) is 5.69 Å². The van der Waals surface area contributed by atoms with Crippen molar-refractivity contribution in [1.29, 1.82) is 0 Å². The molecule has 1 aromatic heterocycles. The lowest BCUT2D eigenvalue weighted by Gasteiger charge is -2.00. The summed E-state index contributed by atoms with van der Waals surface area (Å²) in [7, 11) is 0. The minimum atomic E-state index is -0.923. The van der Waals surface area contributed by atoms with Crippen LogP contribution in [0.25, 0.3) is 0 Å². The number of nitro groups is 2. The van der Waals surface area contributed by atoms with Gasteiger partial charge in [-0.1, -0.05) is 0 Å². The number of H-pyrrole nitrogens is 1. The lowest BCUT2D eigenvalue weighted by atomic mass is 10.3. The molecule has 0 atom stereocenters. The quantitative estimate of drug-likeness (QED) is 0.420. The third-order valence-corrected chi connectivity index (χ3v) is 1.65. The van der Waals surface area contributed by atoms with Gasteiger partial charge in [-0.3, -0.25) is 20.2 Å². The van der Waals surface area contributed by atoms with Crippen molar-refractivity contribution in [2.45, 2.75) is 0 Å². The summed E-state index contributed by atoms with van der Waals surface area (Å²) in [6, 6.07) is 0. The molecule has 0 saturated heterocycles. The molecule has 0 fully saturated rings. The molecule has 0 spiro atoms. The van der Waals surface area contributed by atoms with Gasteiger partial charge in [0.05, 0.1) is 9.85 Å². The van der Waals surface area contributed by atoms with Crippen LogP contribution in [-0.2, 0) is 0 Å². The zero-order valence-electron chi connectivity index (χ0n) is 7.26. The van der Waals surface area contributed by atoms with E-state index in [-0.39, 0.29) is 0 Å². The minimum absolute atomic E-state index is 0.430. The van der Waals surface area contributed by atoms with Crippen LogP contribution in [0.2, 0.25) is 0 Å². The highest BCUT2D eigenvalue weighted by Gasteiger charge is 2.33. The van der Waals surface area contributed by atoms with E-state index in [9.17, 15) is 20.2 Å². The van der Waals surface area contributed by atoms with Crippen LogP contribution in [0.5, 0.6) is 0 Å². The van der Waals surface area contributed by atoms with E-state index in [1.54, 1.807) is 0 Å². The summed E-state index contributed by atoms with van der Waals surface area (Å²) < 4.78 is 0. The van der Waals surface area contributed by atoms with Gasteiger partial charge in [-0.25, -0.2) is 4.98 Å². The third-order valence-electron chi connectivity index (χ3n) is 1.65. The maximum absolute atomic E-state index is 10.5. The molecule has 15 heavy (non-hydrogen) atoms. The number of aromatic nitrogens is 1. The van der Waals surface area contributed by atoms with Crippen molar-refractivity contribution in [2.24, 2.45) is 0 Å². The second kappa shape index (κ2) is 3.25. The van der Waals surface area contributed by atoms with Gasteiger partial charge in [0.1, 0.15) is 0 Å². The van der Waals surface area contributed by atoms with E-state index in [1.165, 1.54) is 0 Å². The van der Waals surface area contributed by atoms with E-state index in [4.69, 9.17) is 17.2 Å². The molecule has 0 aliphatic heterocycles. The molecule has 10 nitrogen and oxygen atoms in total. The van der Waals surface area contributed by atoms with E-state index in [0.29, 0.717) is 0 Å². The van der Waals surface area contributed by atoms with Crippen LogP contribution in [0.4, 0.5) is 28.7 Å². The molecule has 0 unspecified atom stereocenters. The number of hydrogen-bond acceptors (Lipinski definition) is 7. The first kappa shape index (κ1) is 10.4. The number of anilines is 3. The van der Waals surface area contributed by atoms with Gasteiger partial charge >= 0.3 is 11.4 Å². The number of nitrogens with zero attached hydrogens (tertiary/aromatic N) is 2. The van der Waals surface area contributed by atoms with Crippen molar-refractivity contribution < 1.29 is 14.8 Å². The summed E-state index contributed by atoms with van der Waals surface area (Å²) in [6.07, 6.45) is 0.